The van der Waals surface area contributed by atoms with Gasteiger partial charge in [0.25, 0.3) is 0 Å². The second kappa shape index (κ2) is 5.20. The van der Waals surface area contributed by atoms with Gasteiger partial charge in [-0.1, -0.05) is 20.8 Å². The highest BCUT2D eigenvalue weighted by atomic mass is 16.5. The standard InChI is InChI=1S/C15H26N4O/c1-10-11(16)18-13(14(2,3)4)19-12(10)17-9-15(5)7-6-8-20-15/h6-9H2,1-5H3,(H3,16,17,18,19). The van der Waals surface area contributed by atoms with Gasteiger partial charge in [0.05, 0.1) is 5.60 Å². The van der Waals surface area contributed by atoms with Gasteiger partial charge in [-0.25, -0.2) is 9.97 Å². The fourth-order valence-corrected chi connectivity index (χ4v) is 2.29. The van der Waals surface area contributed by atoms with E-state index < -0.39 is 0 Å². The first-order chi connectivity index (χ1) is 9.21. The van der Waals surface area contributed by atoms with Crippen LogP contribution in [0.3, 0.4) is 0 Å². The van der Waals surface area contributed by atoms with E-state index in [1.165, 1.54) is 0 Å². The molecule has 0 bridgehead atoms. The van der Waals surface area contributed by atoms with Crippen LogP contribution in [0, 0.1) is 6.92 Å². The normalized spacial score (nSPS) is 23.1. The number of nitrogen functional groups attached to an aromatic ring is 1. The lowest BCUT2D eigenvalue weighted by Crippen LogP contribution is -2.33. The van der Waals surface area contributed by atoms with Crippen molar-refractivity contribution in [3.8, 4) is 0 Å². The molecule has 5 heteroatoms. The van der Waals surface area contributed by atoms with E-state index in [-0.39, 0.29) is 11.0 Å². The van der Waals surface area contributed by atoms with Crippen molar-refractivity contribution in [2.45, 2.75) is 58.5 Å². The number of nitrogens with zero attached hydrogens (tertiary/aromatic N) is 2. The molecule has 0 radical (unpaired) electrons. The van der Waals surface area contributed by atoms with Crippen molar-refractivity contribution >= 4 is 11.6 Å². The Morgan fingerprint density at radius 1 is 1.35 bits per heavy atom. The third-order valence-electron chi connectivity index (χ3n) is 3.78. The Kier molecular flexibility index (Phi) is 3.91. The average Bonchev–Trinajstić information content (AvgIpc) is 2.77. The summed E-state index contributed by atoms with van der Waals surface area (Å²) in [7, 11) is 0. The largest absolute Gasteiger partial charge is 0.383 e. The first-order valence-electron chi connectivity index (χ1n) is 7.24. The van der Waals surface area contributed by atoms with Crippen LogP contribution in [-0.2, 0) is 10.2 Å². The molecule has 1 unspecified atom stereocenters. The molecular formula is C15H26N4O. The molecule has 0 amide bonds. The zero-order valence-corrected chi connectivity index (χ0v) is 13.2. The molecule has 1 fully saturated rings. The molecule has 1 aliphatic heterocycles. The smallest absolute Gasteiger partial charge is 0.138 e. The number of ether oxygens (including phenoxy) is 1. The highest BCUT2D eigenvalue weighted by Crippen LogP contribution is 2.28. The topological polar surface area (TPSA) is 73.1 Å². The second-order valence-corrected chi connectivity index (χ2v) is 6.91. The molecule has 1 aliphatic rings. The summed E-state index contributed by atoms with van der Waals surface area (Å²) in [6, 6.07) is 0. The van der Waals surface area contributed by atoms with Crippen LogP contribution in [0.5, 0.6) is 0 Å². The summed E-state index contributed by atoms with van der Waals surface area (Å²) in [5, 5.41) is 3.39. The lowest BCUT2D eigenvalue weighted by molar-refractivity contribution is 0.0314. The zero-order valence-electron chi connectivity index (χ0n) is 13.2. The van der Waals surface area contributed by atoms with Gasteiger partial charge in [-0.2, -0.15) is 0 Å². The van der Waals surface area contributed by atoms with Gasteiger partial charge in [-0.05, 0) is 26.7 Å². The number of hydrogen-bond donors (Lipinski definition) is 2. The summed E-state index contributed by atoms with van der Waals surface area (Å²) in [6.45, 7) is 11.9. The second-order valence-electron chi connectivity index (χ2n) is 6.91. The summed E-state index contributed by atoms with van der Waals surface area (Å²) in [5.41, 5.74) is 6.69. The SMILES string of the molecule is Cc1c(N)nc(C(C)(C)C)nc1NCC1(C)CCCO1. The third-order valence-corrected chi connectivity index (χ3v) is 3.78. The fourth-order valence-electron chi connectivity index (χ4n) is 2.29. The van der Waals surface area contributed by atoms with Gasteiger partial charge in [-0.3, -0.25) is 0 Å². The number of nitrogens with one attached hydrogen (secondary N) is 1. The number of nitrogens with two attached hydrogens (primary N) is 1. The molecule has 0 aromatic carbocycles. The molecule has 0 spiro atoms. The van der Waals surface area contributed by atoms with Gasteiger partial charge in [0.2, 0.25) is 0 Å². The van der Waals surface area contributed by atoms with Crippen molar-refractivity contribution in [2.24, 2.45) is 0 Å². The van der Waals surface area contributed by atoms with Crippen molar-refractivity contribution in [3.63, 3.8) is 0 Å². The highest BCUT2D eigenvalue weighted by Gasteiger charge is 2.30. The molecule has 1 aromatic rings. The van der Waals surface area contributed by atoms with E-state index in [2.05, 4.69) is 43.0 Å². The minimum Gasteiger partial charge on any atom is -0.383 e. The molecule has 112 valence electrons. The van der Waals surface area contributed by atoms with Gasteiger partial charge in [0, 0.05) is 24.1 Å². The maximum absolute atomic E-state index is 6.01. The Balaban J connectivity index is 2.20. The number of hydrogen-bond acceptors (Lipinski definition) is 5. The molecule has 1 saturated heterocycles. The summed E-state index contributed by atoms with van der Waals surface area (Å²) >= 11 is 0. The number of aromatic nitrogens is 2. The maximum Gasteiger partial charge on any atom is 0.138 e. The summed E-state index contributed by atoms with van der Waals surface area (Å²) in [6.07, 6.45) is 2.20. The predicted molar refractivity (Wildman–Crippen MR) is 82.0 cm³/mol. The van der Waals surface area contributed by atoms with Crippen molar-refractivity contribution in [1.29, 1.82) is 0 Å². The third kappa shape index (κ3) is 3.20. The van der Waals surface area contributed by atoms with Gasteiger partial charge >= 0.3 is 0 Å². The minimum absolute atomic E-state index is 0.103. The van der Waals surface area contributed by atoms with Crippen LogP contribution in [0.2, 0.25) is 0 Å². The Morgan fingerprint density at radius 2 is 2.05 bits per heavy atom. The Bertz CT molecular complexity index is 487. The van der Waals surface area contributed by atoms with E-state index in [0.29, 0.717) is 5.82 Å². The molecule has 1 aromatic heterocycles. The van der Waals surface area contributed by atoms with Crippen LogP contribution < -0.4 is 11.1 Å². The first kappa shape index (κ1) is 15.0. The minimum atomic E-state index is -0.119. The molecule has 20 heavy (non-hydrogen) atoms. The lowest BCUT2D eigenvalue weighted by Gasteiger charge is -2.25. The van der Waals surface area contributed by atoms with Crippen LogP contribution in [0.25, 0.3) is 0 Å². The van der Waals surface area contributed by atoms with Crippen molar-refractivity contribution in [3.05, 3.63) is 11.4 Å². The van der Waals surface area contributed by atoms with Crippen LogP contribution in [-0.4, -0.2) is 28.7 Å². The first-order valence-corrected chi connectivity index (χ1v) is 7.24. The summed E-state index contributed by atoms with van der Waals surface area (Å²) in [4.78, 5) is 9.04. The van der Waals surface area contributed by atoms with Crippen molar-refractivity contribution in [2.75, 3.05) is 24.2 Å². The Labute approximate surface area is 121 Å². The van der Waals surface area contributed by atoms with Crippen LogP contribution in [0.4, 0.5) is 11.6 Å². The maximum atomic E-state index is 6.01. The van der Waals surface area contributed by atoms with Gasteiger partial charge in [0.15, 0.2) is 0 Å². The van der Waals surface area contributed by atoms with E-state index >= 15 is 0 Å². The van der Waals surface area contributed by atoms with Crippen LogP contribution in [0.1, 0.15) is 51.9 Å². The van der Waals surface area contributed by atoms with Crippen LogP contribution in [0.15, 0.2) is 0 Å². The van der Waals surface area contributed by atoms with Crippen molar-refractivity contribution < 1.29 is 4.74 Å². The molecule has 3 N–H and O–H groups in total. The number of anilines is 2. The summed E-state index contributed by atoms with van der Waals surface area (Å²) in [5.74, 6) is 2.13. The predicted octanol–water partition coefficient (Wildman–Crippen LogP) is 2.65. The van der Waals surface area contributed by atoms with Gasteiger partial charge < -0.3 is 15.8 Å². The summed E-state index contributed by atoms with van der Waals surface area (Å²) < 4.78 is 5.79. The Hall–Kier alpha value is -1.36. The van der Waals surface area contributed by atoms with E-state index in [9.17, 15) is 0 Å². The zero-order chi connectivity index (χ0) is 15.0. The molecule has 0 saturated carbocycles. The van der Waals surface area contributed by atoms with Gasteiger partial charge in [-0.15, -0.1) is 0 Å². The fraction of sp³-hybridized carbons (Fsp3) is 0.733. The monoisotopic (exact) mass is 278 g/mol. The van der Waals surface area contributed by atoms with E-state index in [0.717, 1.165) is 43.2 Å². The average molecular weight is 278 g/mol. The molecule has 2 rings (SSSR count). The van der Waals surface area contributed by atoms with E-state index in [4.69, 9.17) is 10.5 Å². The molecule has 1 atom stereocenters. The Morgan fingerprint density at radius 3 is 2.60 bits per heavy atom. The molecular weight excluding hydrogens is 252 g/mol. The van der Waals surface area contributed by atoms with Crippen molar-refractivity contribution in [1.82, 2.24) is 9.97 Å². The lowest BCUT2D eigenvalue weighted by atomic mass is 9.95. The van der Waals surface area contributed by atoms with Crippen LogP contribution >= 0.6 is 0 Å². The van der Waals surface area contributed by atoms with Gasteiger partial charge in [0.1, 0.15) is 17.5 Å². The number of rotatable bonds is 3. The molecule has 0 aliphatic carbocycles. The quantitative estimate of drug-likeness (QED) is 0.889. The van der Waals surface area contributed by atoms with E-state index in [1.54, 1.807) is 0 Å². The molecule has 5 nitrogen and oxygen atoms in total. The highest BCUT2D eigenvalue weighted by molar-refractivity contribution is 5.55. The van der Waals surface area contributed by atoms with E-state index in [1.807, 2.05) is 6.92 Å². The molecule has 2 heterocycles.